The highest BCUT2D eigenvalue weighted by Gasteiger charge is 1.94. The zero-order chi connectivity index (χ0) is 8.53. The summed E-state index contributed by atoms with van der Waals surface area (Å²) in [7, 11) is 0. The maximum Gasteiger partial charge on any atom is -0.0239 e. The second-order valence-corrected chi connectivity index (χ2v) is 2.87. The third kappa shape index (κ3) is 5.90. The average Bonchev–Trinajstić information content (AvgIpc) is 2.05. The summed E-state index contributed by atoms with van der Waals surface area (Å²) in [6.45, 7) is 8.17. The average molecular weight is 152 g/mol. The lowest BCUT2D eigenvalue weighted by Gasteiger charge is -2.03. The quantitative estimate of drug-likeness (QED) is 0.399. The van der Waals surface area contributed by atoms with E-state index in [0.29, 0.717) is 0 Å². The maximum absolute atomic E-state index is 3.68. The maximum atomic E-state index is 3.68. The second kappa shape index (κ2) is 7.59. The van der Waals surface area contributed by atoms with Crippen LogP contribution in [0.1, 0.15) is 39.5 Å². The van der Waals surface area contributed by atoms with Crippen molar-refractivity contribution < 1.29 is 0 Å². The summed E-state index contributed by atoms with van der Waals surface area (Å²) in [5, 5.41) is 0. The smallest absolute Gasteiger partial charge is 0.0239 e. The molecular formula is C11H20. The van der Waals surface area contributed by atoms with Gasteiger partial charge >= 0.3 is 0 Å². The van der Waals surface area contributed by atoms with Gasteiger partial charge in [-0.25, -0.2) is 0 Å². The molecule has 64 valence electrons. The van der Waals surface area contributed by atoms with Gasteiger partial charge in [0.1, 0.15) is 0 Å². The van der Waals surface area contributed by atoms with Gasteiger partial charge < -0.3 is 0 Å². The molecule has 0 fully saturated rings. The van der Waals surface area contributed by atoms with E-state index in [1.54, 1.807) is 0 Å². The van der Waals surface area contributed by atoms with Gasteiger partial charge in [0.25, 0.3) is 0 Å². The highest BCUT2D eigenvalue weighted by atomic mass is 14.0. The Bertz CT molecular complexity index is 107. The first-order valence-corrected chi connectivity index (χ1v) is 4.62. The molecule has 0 radical (unpaired) electrons. The van der Waals surface area contributed by atoms with Gasteiger partial charge in [0.05, 0.1) is 0 Å². The number of rotatable bonds is 6. The lowest BCUT2D eigenvalue weighted by atomic mass is 10.0. The zero-order valence-electron chi connectivity index (χ0n) is 7.84. The Labute approximate surface area is 71.0 Å². The van der Waals surface area contributed by atoms with Crippen LogP contribution in [0.4, 0.5) is 0 Å². The molecule has 0 aromatic rings. The van der Waals surface area contributed by atoms with Crippen molar-refractivity contribution in [1.29, 1.82) is 0 Å². The molecule has 0 rings (SSSR count). The molecule has 0 aliphatic rings. The topological polar surface area (TPSA) is 0 Å². The summed E-state index contributed by atoms with van der Waals surface area (Å²) in [6, 6.07) is 0. The Morgan fingerprint density at radius 1 is 1.18 bits per heavy atom. The monoisotopic (exact) mass is 152 g/mol. The third-order valence-corrected chi connectivity index (χ3v) is 1.99. The van der Waals surface area contributed by atoms with Gasteiger partial charge in [0, 0.05) is 0 Å². The van der Waals surface area contributed by atoms with E-state index >= 15 is 0 Å². The number of unbranched alkanes of at least 4 members (excludes halogenated alkanes) is 1. The van der Waals surface area contributed by atoms with Crippen LogP contribution in [0.5, 0.6) is 0 Å². The minimum absolute atomic E-state index is 0.791. The SMILES string of the molecule is C=CCC/C=C/C(CC)CC. The molecular weight excluding hydrogens is 132 g/mol. The molecule has 0 aliphatic heterocycles. The molecule has 0 aromatic heterocycles. The van der Waals surface area contributed by atoms with Crippen LogP contribution in [0.25, 0.3) is 0 Å². The third-order valence-electron chi connectivity index (χ3n) is 1.99. The largest absolute Gasteiger partial charge is 0.103 e. The van der Waals surface area contributed by atoms with Gasteiger partial charge in [-0.05, 0) is 31.6 Å². The molecule has 0 heteroatoms. The van der Waals surface area contributed by atoms with E-state index in [1.807, 2.05) is 6.08 Å². The van der Waals surface area contributed by atoms with Gasteiger partial charge in [0.2, 0.25) is 0 Å². The van der Waals surface area contributed by atoms with Crippen LogP contribution in [-0.4, -0.2) is 0 Å². The molecule has 0 heterocycles. The van der Waals surface area contributed by atoms with Gasteiger partial charge in [-0.15, -0.1) is 6.58 Å². The fourth-order valence-corrected chi connectivity index (χ4v) is 1.06. The molecule has 0 saturated heterocycles. The number of allylic oxidation sites excluding steroid dienone is 3. The molecule has 0 atom stereocenters. The Morgan fingerprint density at radius 3 is 2.27 bits per heavy atom. The van der Waals surface area contributed by atoms with Crippen molar-refractivity contribution in [3.63, 3.8) is 0 Å². The lowest BCUT2D eigenvalue weighted by molar-refractivity contribution is 0.604. The highest BCUT2D eigenvalue weighted by molar-refractivity contribution is 4.88. The van der Waals surface area contributed by atoms with Crippen LogP contribution in [0.15, 0.2) is 24.8 Å². The molecule has 0 bridgehead atoms. The fraction of sp³-hybridized carbons (Fsp3) is 0.636. The van der Waals surface area contributed by atoms with Crippen molar-refractivity contribution in [2.75, 3.05) is 0 Å². The first kappa shape index (κ1) is 10.5. The summed E-state index contributed by atoms with van der Waals surface area (Å²) < 4.78 is 0. The zero-order valence-corrected chi connectivity index (χ0v) is 7.84. The summed E-state index contributed by atoms with van der Waals surface area (Å²) >= 11 is 0. The Hall–Kier alpha value is -0.520. The first-order valence-electron chi connectivity index (χ1n) is 4.62. The van der Waals surface area contributed by atoms with Crippen LogP contribution in [0, 0.1) is 5.92 Å². The van der Waals surface area contributed by atoms with Gasteiger partial charge in [-0.2, -0.15) is 0 Å². The molecule has 0 saturated carbocycles. The predicted octanol–water partition coefficient (Wildman–Crippen LogP) is 3.95. The molecule has 0 amide bonds. The minimum Gasteiger partial charge on any atom is -0.103 e. The van der Waals surface area contributed by atoms with E-state index < -0.39 is 0 Å². The highest BCUT2D eigenvalue weighted by Crippen LogP contribution is 2.09. The van der Waals surface area contributed by atoms with Crippen LogP contribution in [0.2, 0.25) is 0 Å². The normalized spacial score (nSPS) is 11.2. The van der Waals surface area contributed by atoms with E-state index in [4.69, 9.17) is 0 Å². The van der Waals surface area contributed by atoms with Gasteiger partial charge in [-0.1, -0.05) is 32.1 Å². The van der Waals surface area contributed by atoms with E-state index in [1.165, 1.54) is 12.8 Å². The first-order chi connectivity index (χ1) is 5.35. The second-order valence-electron chi connectivity index (χ2n) is 2.87. The van der Waals surface area contributed by atoms with Gasteiger partial charge in [-0.3, -0.25) is 0 Å². The Morgan fingerprint density at radius 2 is 1.82 bits per heavy atom. The van der Waals surface area contributed by atoms with Crippen molar-refractivity contribution in [2.45, 2.75) is 39.5 Å². The molecule has 0 spiro atoms. The van der Waals surface area contributed by atoms with Crippen molar-refractivity contribution in [1.82, 2.24) is 0 Å². The Balaban J connectivity index is 3.44. The summed E-state index contributed by atoms with van der Waals surface area (Å²) in [5.74, 6) is 0.791. The number of hydrogen-bond donors (Lipinski definition) is 0. The molecule has 0 aliphatic carbocycles. The van der Waals surface area contributed by atoms with Crippen molar-refractivity contribution in [3.8, 4) is 0 Å². The van der Waals surface area contributed by atoms with Crippen LogP contribution in [-0.2, 0) is 0 Å². The molecule has 0 unspecified atom stereocenters. The van der Waals surface area contributed by atoms with E-state index in [-0.39, 0.29) is 0 Å². The van der Waals surface area contributed by atoms with Crippen LogP contribution in [0.3, 0.4) is 0 Å². The summed E-state index contributed by atoms with van der Waals surface area (Å²) in [6.07, 6.45) is 11.4. The lowest BCUT2D eigenvalue weighted by Crippen LogP contribution is -1.89. The van der Waals surface area contributed by atoms with Crippen LogP contribution < -0.4 is 0 Å². The standard InChI is InChI=1S/C11H20/c1-4-7-8-9-10-11(5-2)6-3/h4,9-11H,1,5-8H2,2-3H3/b10-9+. The van der Waals surface area contributed by atoms with Crippen molar-refractivity contribution in [2.24, 2.45) is 5.92 Å². The molecule has 11 heavy (non-hydrogen) atoms. The molecule has 0 N–H and O–H groups in total. The van der Waals surface area contributed by atoms with Crippen LogP contribution >= 0.6 is 0 Å². The summed E-state index contributed by atoms with van der Waals surface area (Å²) in [4.78, 5) is 0. The van der Waals surface area contributed by atoms with Gasteiger partial charge in [0.15, 0.2) is 0 Å². The molecule has 0 nitrogen and oxygen atoms in total. The van der Waals surface area contributed by atoms with E-state index in [2.05, 4.69) is 32.6 Å². The number of hydrogen-bond acceptors (Lipinski definition) is 0. The molecule has 0 aromatic carbocycles. The van der Waals surface area contributed by atoms with Crippen molar-refractivity contribution >= 4 is 0 Å². The van der Waals surface area contributed by atoms with E-state index in [9.17, 15) is 0 Å². The fourth-order valence-electron chi connectivity index (χ4n) is 1.06. The van der Waals surface area contributed by atoms with Crippen molar-refractivity contribution in [3.05, 3.63) is 24.8 Å². The summed E-state index contributed by atoms with van der Waals surface area (Å²) in [5.41, 5.74) is 0. The van der Waals surface area contributed by atoms with E-state index in [0.717, 1.165) is 18.8 Å². The Kier molecular flexibility index (Phi) is 7.23. The minimum atomic E-state index is 0.791. The predicted molar refractivity (Wildman–Crippen MR) is 52.6 cm³/mol.